The van der Waals surface area contributed by atoms with Gasteiger partial charge in [0.25, 0.3) is 0 Å². The largest absolute Gasteiger partial charge is 0.354 e. The van der Waals surface area contributed by atoms with Gasteiger partial charge < -0.3 is 9.84 Å². The molecule has 0 saturated carbocycles. The first-order chi connectivity index (χ1) is 12.0. The number of hydrogen-bond donors (Lipinski definition) is 1. The number of halogens is 1. The molecule has 1 aliphatic heterocycles. The van der Waals surface area contributed by atoms with E-state index in [0.717, 1.165) is 31.5 Å². The molecule has 1 aromatic carbocycles. The first kappa shape index (κ1) is 17.9. The molecule has 1 fully saturated rings. The number of carbonyl (C=O) groups is 1. The molecule has 0 unspecified atom stereocenters. The second kappa shape index (κ2) is 7.97. The third-order valence-corrected chi connectivity index (χ3v) is 4.66. The Labute approximate surface area is 152 Å². The zero-order valence-corrected chi connectivity index (χ0v) is 15.3. The lowest BCUT2D eigenvalue weighted by Gasteiger charge is -2.30. The number of nitrogens with zero attached hydrogens (tertiary/aromatic N) is 3. The molecule has 1 aliphatic rings. The van der Waals surface area contributed by atoms with Crippen molar-refractivity contribution in [1.82, 2.24) is 20.4 Å². The van der Waals surface area contributed by atoms with Crippen LogP contribution in [-0.2, 0) is 11.3 Å². The fourth-order valence-electron chi connectivity index (χ4n) is 3.02. The summed E-state index contributed by atoms with van der Waals surface area (Å²) < 4.78 is 5.36. The highest BCUT2D eigenvalue weighted by Crippen LogP contribution is 2.25. The third-order valence-electron chi connectivity index (χ3n) is 4.33. The van der Waals surface area contributed by atoms with Crippen LogP contribution in [0.2, 0.25) is 5.02 Å². The molecule has 0 atom stereocenters. The lowest BCUT2D eigenvalue weighted by molar-refractivity contribution is -0.127. The van der Waals surface area contributed by atoms with Crippen molar-refractivity contribution >= 4 is 17.5 Å². The average Bonchev–Trinajstić information content (AvgIpc) is 3.03. The van der Waals surface area contributed by atoms with Crippen LogP contribution < -0.4 is 5.32 Å². The molecule has 134 valence electrons. The molecule has 1 saturated heterocycles. The zero-order chi connectivity index (χ0) is 17.8. The maximum Gasteiger partial charge on any atom is 0.241 e. The van der Waals surface area contributed by atoms with Crippen molar-refractivity contribution in [1.29, 1.82) is 0 Å². The minimum Gasteiger partial charge on any atom is -0.354 e. The van der Waals surface area contributed by atoms with Gasteiger partial charge in [0, 0.05) is 17.5 Å². The highest BCUT2D eigenvalue weighted by molar-refractivity contribution is 6.33. The fraction of sp³-hybridized carbons (Fsp3) is 0.500. The molecule has 6 nitrogen and oxygen atoms in total. The predicted molar refractivity (Wildman–Crippen MR) is 96.0 cm³/mol. The van der Waals surface area contributed by atoms with E-state index in [1.807, 2.05) is 32.0 Å². The van der Waals surface area contributed by atoms with E-state index >= 15 is 0 Å². The van der Waals surface area contributed by atoms with Gasteiger partial charge in [-0.2, -0.15) is 4.98 Å². The lowest BCUT2D eigenvalue weighted by atomic mass is 9.95. The molecule has 0 radical (unpaired) electrons. The normalized spacial score (nSPS) is 16.3. The Kier molecular flexibility index (Phi) is 5.71. The Morgan fingerprint density at radius 1 is 1.36 bits per heavy atom. The first-order valence-electron chi connectivity index (χ1n) is 8.63. The number of carbonyl (C=O) groups excluding carboxylic acids is 1. The summed E-state index contributed by atoms with van der Waals surface area (Å²) in [5.74, 6) is 1.33. The number of aromatic nitrogens is 2. The molecule has 0 aliphatic carbocycles. The Hall–Kier alpha value is -1.92. The Morgan fingerprint density at radius 3 is 2.76 bits per heavy atom. The molecule has 7 heteroatoms. The molecular formula is C18H23ClN4O2. The van der Waals surface area contributed by atoms with E-state index in [0.29, 0.717) is 23.3 Å². The molecule has 3 rings (SSSR count). The number of hydrogen-bond acceptors (Lipinski definition) is 5. The van der Waals surface area contributed by atoms with Gasteiger partial charge in [-0.1, -0.05) is 28.9 Å². The maximum absolute atomic E-state index is 12.1. The second-order valence-corrected chi connectivity index (χ2v) is 7.11. The third kappa shape index (κ3) is 4.58. The highest BCUT2D eigenvalue weighted by Gasteiger charge is 2.26. The summed E-state index contributed by atoms with van der Waals surface area (Å²) in [5, 5.41) is 7.62. The van der Waals surface area contributed by atoms with Crippen LogP contribution in [0.5, 0.6) is 0 Å². The predicted octanol–water partition coefficient (Wildman–Crippen LogP) is 3.13. The standard InChI is InChI=1S/C18H23ClN4O2/c1-12(2)20-18(24)13-7-9-23(10-8-13)11-16-21-17(22-25-16)14-5-3-4-6-15(14)19/h3-6,12-13H,7-11H2,1-2H3,(H,20,24). The van der Waals surface area contributed by atoms with Gasteiger partial charge in [-0.3, -0.25) is 9.69 Å². The van der Waals surface area contributed by atoms with Crippen LogP contribution in [0.25, 0.3) is 11.4 Å². The van der Waals surface area contributed by atoms with Crippen LogP contribution in [0, 0.1) is 5.92 Å². The molecule has 1 N–H and O–H groups in total. The Balaban J connectivity index is 1.55. The zero-order valence-electron chi connectivity index (χ0n) is 14.5. The molecule has 2 aromatic rings. The van der Waals surface area contributed by atoms with Gasteiger partial charge in [-0.15, -0.1) is 0 Å². The van der Waals surface area contributed by atoms with Gasteiger partial charge in [0.2, 0.25) is 17.6 Å². The number of piperidine rings is 1. The van der Waals surface area contributed by atoms with Crippen molar-refractivity contribution in [3.63, 3.8) is 0 Å². The van der Waals surface area contributed by atoms with Crippen molar-refractivity contribution in [2.45, 2.75) is 39.3 Å². The van der Waals surface area contributed by atoms with Crippen LogP contribution >= 0.6 is 11.6 Å². The Bertz CT molecular complexity index is 723. The van der Waals surface area contributed by atoms with Crippen molar-refractivity contribution in [2.24, 2.45) is 5.92 Å². The van der Waals surface area contributed by atoms with Gasteiger partial charge in [-0.05, 0) is 51.9 Å². The second-order valence-electron chi connectivity index (χ2n) is 6.71. The van der Waals surface area contributed by atoms with Crippen LogP contribution in [0.4, 0.5) is 0 Å². The molecule has 0 spiro atoms. The van der Waals surface area contributed by atoms with Crippen LogP contribution in [-0.4, -0.2) is 40.1 Å². The summed E-state index contributed by atoms with van der Waals surface area (Å²) in [6.45, 7) is 6.26. The van der Waals surface area contributed by atoms with Crippen LogP contribution in [0.3, 0.4) is 0 Å². The van der Waals surface area contributed by atoms with E-state index in [-0.39, 0.29) is 17.9 Å². The maximum atomic E-state index is 12.1. The molecule has 2 heterocycles. The van der Waals surface area contributed by atoms with Gasteiger partial charge in [0.1, 0.15) is 0 Å². The van der Waals surface area contributed by atoms with E-state index in [2.05, 4.69) is 20.4 Å². The summed E-state index contributed by atoms with van der Waals surface area (Å²) in [6.07, 6.45) is 1.70. The minimum atomic E-state index is 0.0972. The molecule has 25 heavy (non-hydrogen) atoms. The van der Waals surface area contributed by atoms with Gasteiger partial charge in [0.15, 0.2) is 0 Å². The quantitative estimate of drug-likeness (QED) is 0.884. The molecule has 1 amide bonds. The molecule has 0 bridgehead atoms. The number of likely N-dealkylation sites (tertiary alicyclic amines) is 1. The van der Waals surface area contributed by atoms with Crippen LogP contribution in [0.1, 0.15) is 32.6 Å². The number of nitrogens with one attached hydrogen (secondary N) is 1. The minimum absolute atomic E-state index is 0.0972. The number of amides is 1. The topological polar surface area (TPSA) is 71.3 Å². The fourth-order valence-corrected chi connectivity index (χ4v) is 3.24. The van der Waals surface area contributed by atoms with E-state index in [1.165, 1.54) is 0 Å². The van der Waals surface area contributed by atoms with Crippen molar-refractivity contribution in [3.05, 3.63) is 35.2 Å². The van der Waals surface area contributed by atoms with Crippen molar-refractivity contribution < 1.29 is 9.32 Å². The first-order valence-corrected chi connectivity index (χ1v) is 9.01. The number of benzene rings is 1. The average molecular weight is 363 g/mol. The lowest BCUT2D eigenvalue weighted by Crippen LogP contribution is -2.42. The Morgan fingerprint density at radius 2 is 2.08 bits per heavy atom. The summed E-state index contributed by atoms with van der Waals surface area (Å²) in [6, 6.07) is 7.62. The smallest absolute Gasteiger partial charge is 0.241 e. The summed E-state index contributed by atoms with van der Waals surface area (Å²) in [4.78, 5) is 18.8. The summed E-state index contributed by atoms with van der Waals surface area (Å²) in [5.41, 5.74) is 0.767. The molecule has 1 aromatic heterocycles. The van der Waals surface area contributed by atoms with Crippen molar-refractivity contribution in [3.8, 4) is 11.4 Å². The van der Waals surface area contributed by atoms with E-state index < -0.39 is 0 Å². The van der Waals surface area contributed by atoms with E-state index in [9.17, 15) is 4.79 Å². The number of rotatable bonds is 5. The summed E-state index contributed by atoms with van der Waals surface area (Å²) in [7, 11) is 0. The van der Waals surface area contributed by atoms with E-state index in [4.69, 9.17) is 16.1 Å². The SMILES string of the molecule is CC(C)NC(=O)C1CCN(Cc2nc(-c3ccccc3Cl)no2)CC1. The van der Waals surface area contributed by atoms with Gasteiger partial charge in [-0.25, -0.2) is 0 Å². The summed E-state index contributed by atoms with van der Waals surface area (Å²) >= 11 is 6.17. The van der Waals surface area contributed by atoms with Crippen molar-refractivity contribution in [2.75, 3.05) is 13.1 Å². The monoisotopic (exact) mass is 362 g/mol. The molecular weight excluding hydrogens is 340 g/mol. The van der Waals surface area contributed by atoms with E-state index in [1.54, 1.807) is 6.07 Å². The highest BCUT2D eigenvalue weighted by atomic mass is 35.5. The van der Waals surface area contributed by atoms with Crippen LogP contribution in [0.15, 0.2) is 28.8 Å². The van der Waals surface area contributed by atoms with Gasteiger partial charge >= 0.3 is 0 Å². The van der Waals surface area contributed by atoms with Gasteiger partial charge in [0.05, 0.1) is 11.6 Å².